The molecule has 1 amide bonds. The maximum atomic E-state index is 12.5. The van der Waals surface area contributed by atoms with E-state index in [1.807, 2.05) is 19.1 Å². The van der Waals surface area contributed by atoms with Crippen LogP contribution in [0.5, 0.6) is 0 Å². The van der Waals surface area contributed by atoms with E-state index in [0.717, 1.165) is 27.0 Å². The number of aromatic amines is 1. The van der Waals surface area contributed by atoms with Crippen molar-refractivity contribution in [3.63, 3.8) is 0 Å². The molecule has 7 nitrogen and oxygen atoms in total. The maximum Gasteiger partial charge on any atom is 0.275 e. The molecule has 0 unspecified atom stereocenters. The standard InChI is InChI=1S/C19H16N4O3S2/c1-11-21-18(10-27-11)19(24)22-16-7-13(8-17-15(16)9-20-23-17)12-4-3-5-14(6-12)28(2,25)26/h3-10H,1-2H3,(H,20,23)(H,22,24). The highest BCUT2D eigenvalue weighted by Crippen LogP contribution is 2.31. The van der Waals surface area contributed by atoms with Crippen LogP contribution in [0.2, 0.25) is 0 Å². The molecule has 4 rings (SSSR count). The molecule has 0 aliphatic heterocycles. The molecule has 0 bridgehead atoms. The van der Waals surface area contributed by atoms with E-state index in [-0.39, 0.29) is 10.8 Å². The summed E-state index contributed by atoms with van der Waals surface area (Å²) in [5.74, 6) is -0.311. The van der Waals surface area contributed by atoms with Crippen LogP contribution in [-0.4, -0.2) is 35.8 Å². The quantitative estimate of drug-likeness (QED) is 0.532. The zero-order valence-corrected chi connectivity index (χ0v) is 16.7. The van der Waals surface area contributed by atoms with Gasteiger partial charge < -0.3 is 5.32 Å². The van der Waals surface area contributed by atoms with Crippen LogP contribution in [0.25, 0.3) is 22.0 Å². The van der Waals surface area contributed by atoms with Gasteiger partial charge in [0.05, 0.1) is 27.3 Å². The second-order valence-electron chi connectivity index (χ2n) is 6.36. The van der Waals surface area contributed by atoms with Gasteiger partial charge in [0.1, 0.15) is 5.69 Å². The van der Waals surface area contributed by atoms with E-state index < -0.39 is 9.84 Å². The smallest absolute Gasteiger partial charge is 0.275 e. The normalized spacial score (nSPS) is 11.6. The molecular weight excluding hydrogens is 396 g/mol. The topological polar surface area (TPSA) is 105 Å². The fourth-order valence-electron chi connectivity index (χ4n) is 2.88. The zero-order valence-electron chi connectivity index (χ0n) is 15.1. The molecule has 0 aliphatic rings. The highest BCUT2D eigenvalue weighted by atomic mass is 32.2. The summed E-state index contributed by atoms with van der Waals surface area (Å²) in [5, 5.41) is 13.1. The number of carbonyl (C=O) groups excluding carboxylic acids is 1. The van der Waals surface area contributed by atoms with E-state index in [0.29, 0.717) is 11.4 Å². The summed E-state index contributed by atoms with van der Waals surface area (Å²) in [6.45, 7) is 1.84. The van der Waals surface area contributed by atoms with E-state index >= 15 is 0 Å². The lowest BCUT2D eigenvalue weighted by atomic mass is 10.0. The molecule has 4 aromatic rings. The number of nitrogens with one attached hydrogen (secondary N) is 2. The number of rotatable bonds is 4. The number of benzene rings is 2. The minimum Gasteiger partial charge on any atom is -0.320 e. The molecule has 2 N–H and O–H groups in total. The Morgan fingerprint density at radius 3 is 2.71 bits per heavy atom. The lowest BCUT2D eigenvalue weighted by molar-refractivity contribution is 0.102. The van der Waals surface area contributed by atoms with Gasteiger partial charge in [-0.05, 0) is 42.3 Å². The Morgan fingerprint density at radius 2 is 2.00 bits per heavy atom. The van der Waals surface area contributed by atoms with Crippen molar-refractivity contribution < 1.29 is 13.2 Å². The van der Waals surface area contributed by atoms with Crippen LogP contribution in [-0.2, 0) is 9.84 Å². The van der Waals surface area contributed by atoms with Crippen LogP contribution in [0.1, 0.15) is 15.5 Å². The van der Waals surface area contributed by atoms with Crippen molar-refractivity contribution in [1.82, 2.24) is 15.2 Å². The van der Waals surface area contributed by atoms with Gasteiger partial charge in [-0.25, -0.2) is 13.4 Å². The molecule has 0 aliphatic carbocycles. The Morgan fingerprint density at radius 1 is 1.18 bits per heavy atom. The number of sulfone groups is 1. The first-order valence-corrected chi connectivity index (χ1v) is 11.1. The van der Waals surface area contributed by atoms with Crippen LogP contribution in [0.3, 0.4) is 0 Å². The minimum absolute atomic E-state index is 0.234. The van der Waals surface area contributed by atoms with Gasteiger partial charge in [-0.3, -0.25) is 9.89 Å². The number of H-pyrrole nitrogens is 1. The average Bonchev–Trinajstić information content (AvgIpc) is 3.30. The lowest BCUT2D eigenvalue weighted by Gasteiger charge is -2.10. The molecule has 2 aromatic heterocycles. The number of carbonyl (C=O) groups is 1. The van der Waals surface area contributed by atoms with Crippen molar-refractivity contribution in [3.05, 3.63) is 58.7 Å². The maximum absolute atomic E-state index is 12.5. The first-order valence-electron chi connectivity index (χ1n) is 8.32. The van der Waals surface area contributed by atoms with Crippen molar-refractivity contribution in [1.29, 1.82) is 0 Å². The second-order valence-corrected chi connectivity index (χ2v) is 9.44. The predicted molar refractivity (Wildman–Crippen MR) is 109 cm³/mol. The Bertz CT molecular complexity index is 1310. The van der Waals surface area contributed by atoms with Crippen LogP contribution < -0.4 is 5.32 Å². The number of hydrogen-bond acceptors (Lipinski definition) is 6. The summed E-state index contributed by atoms with van der Waals surface area (Å²) in [5.41, 5.74) is 3.13. The molecule has 28 heavy (non-hydrogen) atoms. The van der Waals surface area contributed by atoms with E-state index in [2.05, 4.69) is 20.5 Å². The molecule has 0 spiro atoms. The number of thiazole rings is 1. The average molecular weight is 412 g/mol. The van der Waals surface area contributed by atoms with Crippen molar-refractivity contribution in [2.75, 3.05) is 11.6 Å². The number of amides is 1. The van der Waals surface area contributed by atoms with Crippen molar-refractivity contribution in [3.8, 4) is 11.1 Å². The van der Waals surface area contributed by atoms with E-state index in [1.54, 1.807) is 35.8 Å². The lowest BCUT2D eigenvalue weighted by Crippen LogP contribution is -2.12. The number of aromatic nitrogens is 3. The van der Waals surface area contributed by atoms with Crippen molar-refractivity contribution in [2.24, 2.45) is 0 Å². The SMILES string of the molecule is Cc1nc(C(=O)Nc2cc(-c3cccc(S(C)(=O)=O)c3)cc3[nH]ncc23)cs1. The molecule has 9 heteroatoms. The van der Waals surface area contributed by atoms with E-state index in [9.17, 15) is 13.2 Å². The summed E-state index contributed by atoms with van der Waals surface area (Å²) in [7, 11) is -3.32. The number of aryl methyl sites for hydroxylation is 1. The number of fused-ring (bicyclic) bond motifs is 1. The van der Waals surface area contributed by atoms with Gasteiger partial charge in [0, 0.05) is 17.0 Å². The number of nitrogens with zero attached hydrogens (tertiary/aromatic N) is 2. The van der Waals surface area contributed by atoms with Crippen LogP contribution in [0.15, 0.2) is 52.9 Å². The van der Waals surface area contributed by atoms with Crippen LogP contribution in [0, 0.1) is 6.92 Å². The van der Waals surface area contributed by atoms with Gasteiger partial charge in [0.25, 0.3) is 5.91 Å². The highest BCUT2D eigenvalue weighted by molar-refractivity contribution is 7.90. The van der Waals surface area contributed by atoms with Gasteiger partial charge in [0.15, 0.2) is 9.84 Å². The third-order valence-corrected chi connectivity index (χ3v) is 6.14. The molecule has 0 saturated carbocycles. The Kier molecular flexibility index (Phi) is 4.48. The molecule has 0 fully saturated rings. The molecule has 142 valence electrons. The fourth-order valence-corrected chi connectivity index (χ4v) is 4.14. The first-order chi connectivity index (χ1) is 13.3. The Hall–Kier alpha value is -3.04. The number of anilines is 1. The fraction of sp³-hybridized carbons (Fsp3) is 0.105. The second kappa shape index (κ2) is 6.84. The Balaban J connectivity index is 1.78. The monoisotopic (exact) mass is 412 g/mol. The van der Waals surface area contributed by atoms with Gasteiger partial charge >= 0.3 is 0 Å². The van der Waals surface area contributed by atoms with Crippen molar-refractivity contribution >= 4 is 43.7 Å². The van der Waals surface area contributed by atoms with Gasteiger partial charge in [-0.2, -0.15) is 5.10 Å². The minimum atomic E-state index is -3.32. The van der Waals surface area contributed by atoms with Crippen molar-refractivity contribution in [2.45, 2.75) is 11.8 Å². The van der Waals surface area contributed by atoms with Crippen LogP contribution >= 0.6 is 11.3 Å². The molecule has 2 heterocycles. The third kappa shape index (κ3) is 3.54. The van der Waals surface area contributed by atoms with Gasteiger partial charge in [-0.15, -0.1) is 11.3 Å². The summed E-state index contributed by atoms with van der Waals surface area (Å²) in [6.07, 6.45) is 2.81. The predicted octanol–water partition coefficient (Wildman–Crippen LogP) is 3.65. The third-order valence-electron chi connectivity index (χ3n) is 4.25. The summed E-state index contributed by atoms with van der Waals surface area (Å²) in [4.78, 5) is 17.0. The molecule has 2 aromatic carbocycles. The molecule has 0 saturated heterocycles. The molecular formula is C19H16N4O3S2. The largest absolute Gasteiger partial charge is 0.320 e. The highest BCUT2D eigenvalue weighted by Gasteiger charge is 2.15. The molecule has 0 atom stereocenters. The van der Waals surface area contributed by atoms with E-state index in [1.165, 1.54) is 17.6 Å². The Labute approximate surface area is 165 Å². The first kappa shape index (κ1) is 18.3. The summed E-state index contributed by atoms with van der Waals surface area (Å²) < 4.78 is 23.8. The summed E-state index contributed by atoms with van der Waals surface area (Å²) in [6, 6.07) is 10.4. The van der Waals surface area contributed by atoms with E-state index in [4.69, 9.17) is 0 Å². The number of hydrogen-bond donors (Lipinski definition) is 2. The molecule has 0 radical (unpaired) electrons. The van der Waals surface area contributed by atoms with Gasteiger partial charge in [-0.1, -0.05) is 12.1 Å². The summed E-state index contributed by atoms with van der Waals surface area (Å²) >= 11 is 1.41. The van der Waals surface area contributed by atoms with Gasteiger partial charge in [0.2, 0.25) is 0 Å². The zero-order chi connectivity index (χ0) is 19.9. The van der Waals surface area contributed by atoms with Crippen LogP contribution in [0.4, 0.5) is 5.69 Å².